The predicted molar refractivity (Wildman–Crippen MR) is 79.3 cm³/mol. The average Bonchev–Trinajstić information content (AvgIpc) is 2.60. The van der Waals surface area contributed by atoms with Crippen LogP contribution in [0.25, 0.3) is 0 Å². The zero-order valence-electron chi connectivity index (χ0n) is 11.8. The van der Waals surface area contributed by atoms with Gasteiger partial charge < -0.3 is 5.73 Å². The van der Waals surface area contributed by atoms with Gasteiger partial charge in [-0.3, -0.25) is 9.69 Å². The van der Waals surface area contributed by atoms with E-state index in [1.165, 1.54) is 51.4 Å². The summed E-state index contributed by atoms with van der Waals surface area (Å²) in [4.78, 5) is 14.5. The number of carbonyl (C=O) groups excluding carboxylic acids is 1. The Labute approximate surface area is 122 Å². The van der Waals surface area contributed by atoms with E-state index >= 15 is 0 Å². The Morgan fingerprint density at radius 1 is 1.05 bits per heavy atom. The van der Waals surface area contributed by atoms with E-state index in [0.717, 1.165) is 25.3 Å². The molecule has 2 heterocycles. The van der Waals surface area contributed by atoms with Crippen molar-refractivity contribution in [2.75, 3.05) is 6.54 Å². The fraction of sp³-hybridized carbons (Fsp3) is 0.933. The molecule has 0 spiro atoms. The van der Waals surface area contributed by atoms with E-state index in [0.29, 0.717) is 6.04 Å². The van der Waals surface area contributed by atoms with E-state index in [1.807, 2.05) is 0 Å². The van der Waals surface area contributed by atoms with Gasteiger partial charge in [0.05, 0.1) is 0 Å². The lowest BCUT2D eigenvalue weighted by molar-refractivity contribution is -0.132. The molecule has 0 aromatic heterocycles. The molecule has 110 valence electrons. The molecular formula is C15H27ClN2O. The number of nitrogens with zero attached hydrogens (tertiary/aromatic N) is 1. The molecule has 3 rings (SSSR count). The molecule has 1 amide bonds. The van der Waals surface area contributed by atoms with Gasteiger partial charge in [0.15, 0.2) is 0 Å². The van der Waals surface area contributed by atoms with Crippen molar-refractivity contribution in [1.82, 2.24) is 4.90 Å². The second-order valence-corrected chi connectivity index (χ2v) is 6.64. The largest absolute Gasteiger partial charge is 0.368 e. The number of halogens is 1. The first kappa shape index (κ1) is 15.1. The first-order valence-electron chi connectivity index (χ1n) is 7.79. The lowest BCUT2D eigenvalue weighted by Gasteiger charge is -2.44. The molecule has 3 nitrogen and oxygen atoms in total. The van der Waals surface area contributed by atoms with Crippen molar-refractivity contribution < 1.29 is 4.79 Å². The van der Waals surface area contributed by atoms with E-state index in [4.69, 9.17) is 5.73 Å². The van der Waals surface area contributed by atoms with Gasteiger partial charge >= 0.3 is 0 Å². The highest BCUT2D eigenvalue weighted by molar-refractivity contribution is 5.85. The van der Waals surface area contributed by atoms with Crippen molar-refractivity contribution in [2.24, 2.45) is 11.7 Å². The average molecular weight is 287 g/mol. The Kier molecular flexibility index (Phi) is 4.78. The first-order valence-corrected chi connectivity index (χ1v) is 7.79. The van der Waals surface area contributed by atoms with E-state index in [-0.39, 0.29) is 23.9 Å². The maximum atomic E-state index is 12.0. The molecule has 0 radical (unpaired) electrons. The molecule has 19 heavy (non-hydrogen) atoms. The third kappa shape index (κ3) is 2.64. The summed E-state index contributed by atoms with van der Waals surface area (Å²) in [5, 5.41) is 0. The molecular weight excluding hydrogens is 260 g/mol. The van der Waals surface area contributed by atoms with Gasteiger partial charge in [0.2, 0.25) is 5.91 Å². The monoisotopic (exact) mass is 286 g/mol. The van der Waals surface area contributed by atoms with Crippen LogP contribution < -0.4 is 5.73 Å². The standard InChI is InChI=1S/C15H26N2O.ClH/c16-14(18)15-9-4-7-13(8-10-15)17(15)11-12-5-2-1-3-6-12;/h12-13H,1-11H2,(H2,16,18);1H. The first-order chi connectivity index (χ1) is 8.72. The second-order valence-electron chi connectivity index (χ2n) is 6.64. The van der Waals surface area contributed by atoms with Crippen LogP contribution in [0.4, 0.5) is 0 Å². The van der Waals surface area contributed by atoms with Crippen molar-refractivity contribution in [3.05, 3.63) is 0 Å². The highest BCUT2D eigenvalue weighted by atomic mass is 35.5. The highest BCUT2D eigenvalue weighted by Gasteiger charge is 2.52. The number of nitrogens with two attached hydrogens (primary N) is 1. The maximum absolute atomic E-state index is 12.0. The Balaban J connectivity index is 0.00000133. The molecule has 2 unspecified atom stereocenters. The topological polar surface area (TPSA) is 46.3 Å². The molecule has 2 N–H and O–H groups in total. The zero-order chi connectivity index (χ0) is 12.6. The summed E-state index contributed by atoms with van der Waals surface area (Å²) < 4.78 is 0. The minimum absolute atomic E-state index is 0. The quantitative estimate of drug-likeness (QED) is 0.867. The number of piperidine rings is 1. The van der Waals surface area contributed by atoms with Crippen molar-refractivity contribution >= 4 is 18.3 Å². The van der Waals surface area contributed by atoms with Crippen LogP contribution in [0.15, 0.2) is 0 Å². The Bertz CT molecular complexity index is 326. The van der Waals surface area contributed by atoms with Crippen molar-refractivity contribution in [1.29, 1.82) is 0 Å². The Morgan fingerprint density at radius 3 is 2.47 bits per heavy atom. The molecule has 2 atom stereocenters. The van der Waals surface area contributed by atoms with Crippen molar-refractivity contribution in [3.63, 3.8) is 0 Å². The van der Waals surface area contributed by atoms with Crippen LogP contribution in [-0.4, -0.2) is 28.9 Å². The van der Waals surface area contributed by atoms with Crippen LogP contribution in [0.2, 0.25) is 0 Å². The molecule has 0 aromatic carbocycles. The van der Waals surface area contributed by atoms with Crippen LogP contribution >= 0.6 is 12.4 Å². The lowest BCUT2D eigenvalue weighted by Crippen LogP contribution is -2.59. The summed E-state index contributed by atoms with van der Waals surface area (Å²) >= 11 is 0. The summed E-state index contributed by atoms with van der Waals surface area (Å²) in [6.07, 6.45) is 12.6. The van der Waals surface area contributed by atoms with E-state index < -0.39 is 0 Å². The van der Waals surface area contributed by atoms with Crippen LogP contribution in [-0.2, 0) is 4.79 Å². The van der Waals surface area contributed by atoms with E-state index in [2.05, 4.69) is 4.90 Å². The van der Waals surface area contributed by atoms with Crippen LogP contribution in [0.5, 0.6) is 0 Å². The maximum Gasteiger partial charge on any atom is 0.237 e. The fourth-order valence-corrected chi connectivity index (χ4v) is 4.61. The molecule has 1 saturated carbocycles. The molecule has 2 saturated heterocycles. The van der Waals surface area contributed by atoms with Gasteiger partial charge in [-0.2, -0.15) is 0 Å². The summed E-state index contributed by atoms with van der Waals surface area (Å²) in [5.74, 6) is 0.761. The highest BCUT2D eigenvalue weighted by Crippen LogP contribution is 2.45. The van der Waals surface area contributed by atoms with Crippen molar-refractivity contribution in [2.45, 2.75) is 75.8 Å². The summed E-state index contributed by atoms with van der Waals surface area (Å²) in [6.45, 7) is 1.13. The number of primary amides is 1. The van der Waals surface area contributed by atoms with Gasteiger partial charge in [0.1, 0.15) is 5.54 Å². The third-order valence-corrected chi connectivity index (χ3v) is 5.65. The lowest BCUT2D eigenvalue weighted by atomic mass is 9.83. The molecule has 4 heteroatoms. The Hall–Kier alpha value is -0.280. The number of amides is 1. The van der Waals surface area contributed by atoms with E-state index in [9.17, 15) is 4.79 Å². The molecule has 2 aliphatic heterocycles. The molecule has 2 bridgehead atoms. The predicted octanol–water partition coefficient (Wildman–Crippen LogP) is 2.86. The molecule has 3 aliphatic rings. The van der Waals surface area contributed by atoms with Gasteiger partial charge in [-0.1, -0.05) is 19.3 Å². The van der Waals surface area contributed by atoms with Gasteiger partial charge in [-0.05, 0) is 50.9 Å². The number of fused-ring (bicyclic) bond motifs is 2. The summed E-state index contributed by atoms with van der Waals surface area (Å²) in [7, 11) is 0. The summed E-state index contributed by atoms with van der Waals surface area (Å²) in [6, 6.07) is 0.646. The minimum Gasteiger partial charge on any atom is -0.368 e. The van der Waals surface area contributed by atoms with Crippen molar-refractivity contribution in [3.8, 4) is 0 Å². The molecule has 3 fully saturated rings. The van der Waals surface area contributed by atoms with Gasteiger partial charge in [-0.15, -0.1) is 12.4 Å². The minimum atomic E-state index is -0.264. The summed E-state index contributed by atoms with van der Waals surface area (Å²) in [5.41, 5.74) is 5.49. The number of hydrogen-bond acceptors (Lipinski definition) is 2. The fourth-order valence-electron chi connectivity index (χ4n) is 4.61. The van der Waals surface area contributed by atoms with Crippen LogP contribution in [0, 0.1) is 5.92 Å². The SMILES string of the molecule is Cl.NC(=O)C12CCCC(CC1)N2CC1CCCCC1. The molecule has 0 aromatic rings. The zero-order valence-corrected chi connectivity index (χ0v) is 12.6. The number of rotatable bonds is 3. The van der Waals surface area contributed by atoms with Gasteiger partial charge in [0, 0.05) is 12.6 Å². The Morgan fingerprint density at radius 2 is 1.79 bits per heavy atom. The van der Waals surface area contributed by atoms with Crippen LogP contribution in [0.3, 0.4) is 0 Å². The van der Waals surface area contributed by atoms with Gasteiger partial charge in [0.25, 0.3) is 0 Å². The smallest absolute Gasteiger partial charge is 0.237 e. The molecule has 1 aliphatic carbocycles. The second kappa shape index (κ2) is 6.01. The van der Waals surface area contributed by atoms with Crippen LogP contribution in [0.1, 0.15) is 64.2 Å². The number of hydrogen-bond donors (Lipinski definition) is 1. The normalized spacial score (nSPS) is 35.9. The number of carbonyl (C=O) groups is 1. The van der Waals surface area contributed by atoms with Gasteiger partial charge in [-0.25, -0.2) is 0 Å². The van der Waals surface area contributed by atoms with E-state index in [1.54, 1.807) is 0 Å². The third-order valence-electron chi connectivity index (χ3n) is 5.65.